The molecule has 9 heteroatoms. The molecule has 2 rings (SSSR count). The molecule has 0 fully saturated rings. The van der Waals surface area contributed by atoms with Gasteiger partial charge in [0.15, 0.2) is 0 Å². The Morgan fingerprint density at radius 3 is 2.64 bits per heavy atom. The van der Waals surface area contributed by atoms with Gasteiger partial charge in [-0.05, 0) is 35.5 Å². The minimum Gasteiger partial charge on any atom is -0.477 e. The van der Waals surface area contributed by atoms with E-state index in [9.17, 15) is 20.0 Å². The zero-order chi connectivity index (χ0) is 16.1. The number of carbonyl (C=O) groups is 1. The van der Waals surface area contributed by atoms with Crippen LogP contribution < -0.4 is 0 Å². The standard InChI is InChI=1S/C13H12N4O4S/c1-2-11-14-13(16-15-11)22-10(12(18)19)7-8-3-5-9(6-4-8)17(20)21/h3-7H,2H2,1H3,(H,18,19)(H,14,15,16)/b10-7-. The Morgan fingerprint density at radius 1 is 1.45 bits per heavy atom. The molecule has 114 valence electrons. The summed E-state index contributed by atoms with van der Waals surface area (Å²) in [5, 5.41) is 26.8. The molecule has 0 saturated heterocycles. The molecule has 2 aromatic rings. The lowest BCUT2D eigenvalue weighted by molar-refractivity contribution is -0.384. The van der Waals surface area contributed by atoms with Crippen LogP contribution in [0, 0.1) is 10.1 Å². The third-order valence-corrected chi connectivity index (χ3v) is 3.54. The highest BCUT2D eigenvalue weighted by molar-refractivity contribution is 8.04. The summed E-state index contributed by atoms with van der Waals surface area (Å²) in [6, 6.07) is 5.60. The maximum atomic E-state index is 11.3. The maximum Gasteiger partial charge on any atom is 0.342 e. The number of H-pyrrole nitrogens is 1. The van der Waals surface area contributed by atoms with E-state index in [1.54, 1.807) is 0 Å². The molecule has 1 heterocycles. The van der Waals surface area contributed by atoms with Crippen molar-refractivity contribution < 1.29 is 14.8 Å². The minimum atomic E-state index is -1.12. The molecule has 0 bridgehead atoms. The molecule has 2 N–H and O–H groups in total. The fourth-order valence-corrected chi connectivity index (χ4v) is 2.28. The Labute approximate surface area is 129 Å². The first kappa shape index (κ1) is 15.7. The van der Waals surface area contributed by atoms with Gasteiger partial charge in [0.05, 0.1) is 4.92 Å². The number of aromatic nitrogens is 3. The van der Waals surface area contributed by atoms with E-state index in [2.05, 4.69) is 15.2 Å². The number of aromatic amines is 1. The minimum absolute atomic E-state index is 0.0236. The molecule has 1 aromatic heterocycles. The third kappa shape index (κ3) is 3.92. The fourth-order valence-electron chi connectivity index (χ4n) is 1.56. The predicted molar refractivity (Wildman–Crippen MR) is 80.3 cm³/mol. The van der Waals surface area contributed by atoms with Gasteiger partial charge in [-0.15, -0.1) is 5.10 Å². The SMILES string of the molecule is CCc1nc(S/C(=C\c2ccc([N+](=O)[O-])cc2)C(=O)O)n[nH]1. The van der Waals surface area contributed by atoms with Crippen LogP contribution in [0.2, 0.25) is 0 Å². The molecule has 0 aliphatic rings. The Balaban J connectivity index is 2.22. The number of carboxylic acids is 1. The number of thioether (sulfide) groups is 1. The summed E-state index contributed by atoms with van der Waals surface area (Å²) in [7, 11) is 0. The number of nitro benzene ring substituents is 1. The van der Waals surface area contributed by atoms with Crippen LogP contribution >= 0.6 is 11.8 Å². The van der Waals surface area contributed by atoms with Crippen LogP contribution in [0.4, 0.5) is 5.69 Å². The molecular weight excluding hydrogens is 308 g/mol. The van der Waals surface area contributed by atoms with E-state index >= 15 is 0 Å². The number of nitrogens with zero attached hydrogens (tertiary/aromatic N) is 3. The van der Waals surface area contributed by atoms with Gasteiger partial charge in [-0.3, -0.25) is 15.2 Å². The van der Waals surface area contributed by atoms with Gasteiger partial charge in [0.25, 0.3) is 5.69 Å². The van der Waals surface area contributed by atoms with Crippen molar-refractivity contribution in [2.24, 2.45) is 0 Å². The summed E-state index contributed by atoms with van der Waals surface area (Å²) in [5.41, 5.74) is 0.491. The van der Waals surface area contributed by atoms with Crippen LogP contribution in [-0.2, 0) is 11.2 Å². The summed E-state index contributed by atoms with van der Waals surface area (Å²) in [6.45, 7) is 1.90. The maximum absolute atomic E-state index is 11.3. The Hall–Kier alpha value is -2.68. The van der Waals surface area contributed by atoms with Crippen LogP contribution in [0.3, 0.4) is 0 Å². The molecule has 0 amide bonds. The number of rotatable bonds is 6. The lowest BCUT2D eigenvalue weighted by Gasteiger charge is -1.99. The van der Waals surface area contributed by atoms with Crippen molar-refractivity contribution in [2.45, 2.75) is 18.5 Å². The van der Waals surface area contributed by atoms with Crippen molar-refractivity contribution in [3.8, 4) is 0 Å². The summed E-state index contributed by atoms with van der Waals surface area (Å²) in [6.07, 6.45) is 2.08. The normalized spacial score (nSPS) is 11.4. The highest BCUT2D eigenvalue weighted by Gasteiger charge is 2.13. The van der Waals surface area contributed by atoms with Gasteiger partial charge < -0.3 is 5.11 Å². The number of non-ortho nitro benzene ring substituents is 1. The highest BCUT2D eigenvalue weighted by atomic mass is 32.2. The summed E-state index contributed by atoms with van der Waals surface area (Å²) >= 11 is 0.913. The molecule has 0 aliphatic heterocycles. The zero-order valence-corrected chi connectivity index (χ0v) is 12.3. The molecule has 0 atom stereocenters. The average Bonchev–Trinajstić information content (AvgIpc) is 2.94. The monoisotopic (exact) mass is 320 g/mol. The number of aliphatic carboxylic acids is 1. The van der Waals surface area contributed by atoms with E-state index < -0.39 is 10.9 Å². The third-order valence-electron chi connectivity index (χ3n) is 2.66. The zero-order valence-electron chi connectivity index (χ0n) is 11.5. The number of nitrogens with one attached hydrogen (secondary N) is 1. The van der Waals surface area contributed by atoms with Crippen molar-refractivity contribution in [3.05, 3.63) is 50.7 Å². The van der Waals surface area contributed by atoms with E-state index in [-0.39, 0.29) is 10.6 Å². The first-order valence-electron chi connectivity index (χ1n) is 6.28. The second-order valence-electron chi connectivity index (χ2n) is 4.18. The second kappa shape index (κ2) is 6.85. The Morgan fingerprint density at radius 2 is 2.14 bits per heavy atom. The highest BCUT2D eigenvalue weighted by Crippen LogP contribution is 2.26. The number of hydrogen-bond donors (Lipinski definition) is 2. The van der Waals surface area contributed by atoms with Crippen LogP contribution in [0.15, 0.2) is 34.3 Å². The lowest BCUT2D eigenvalue weighted by Crippen LogP contribution is -1.97. The van der Waals surface area contributed by atoms with Gasteiger partial charge in [0.2, 0.25) is 5.16 Å². The molecule has 0 unspecified atom stereocenters. The lowest BCUT2D eigenvalue weighted by atomic mass is 10.2. The predicted octanol–water partition coefficient (Wildman–Crippen LogP) is 2.49. The molecule has 0 spiro atoms. The number of nitro groups is 1. The molecule has 1 aromatic carbocycles. The van der Waals surface area contributed by atoms with Gasteiger partial charge in [0, 0.05) is 18.6 Å². The summed E-state index contributed by atoms with van der Waals surface area (Å²) in [4.78, 5) is 25.5. The van der Waals surface area contributed by atoms with E-state index in [4.69, 9.17) is 0 Å². The molecular formula is C13H12N4O4S. The van der Waals surface area contributed by atoms with E-state index in [1.807, 2.05) is 6.92 Å². The van der Waals surface area contributed by atoms with Crippen molar-refractivity contribution in [1.82, 2.24) is 15.2 Å². The van der Waals surface area contributed by atoms with Gasteiger partial charge in [-0.1, -0.05) is 6.92 Å². The van der Waals surface area contributed by atoms with Crippen LogP contribution in [0.25, 0.3) is 6.08 Å². The van der Waals surface area contributed by atoms with Crippen LogP contribution in [-0.4, -0.2) is 31.2 Å². The second-order valence-corrected chi connectivity index (χ2v) is 5.19. The smallest absolute Gasteiger partial charge is 0.342 e. The van der Waals surface area contributed by atoms with Crippen molar-refractivity contribution in [2.75, 3.05) is 0 Å². The Bertz CT molecular complexity index is 724. The van der Waals surface area contributed by atoms with E-state index in [0.717, 1.165) is 11.8 Å². The van der Waals surface area contributed by atoms with Gasteiger partial charge in [-0.25, -0.2) is 9.78 Å². The van der Waals surface area contributed by atoms with E-state index in [1.165, 1.54) is 30.3 Å². The van der Waals surface area contributed by atoms with Gasteiger partial charge >= 0.3 is 5.97 Å². The Kier molecular flexibility index (Phi) is 4.89. The van der Waals surface area contributed by atoms with Crippen molar-refractivity contribution in [1.29, 1.82) is 0 Å². The van der Waals surface area contributed by atoms with Crippen molar-refractivity contribution in [3.63, 3.8) is 0 Å². The quantitative estimate of drug-likeness (QED) is 0.363. The van der Waals surface area contributed by atoms with Crippen molar-refractivity contribution >= 4 is 29.5 Å². The topological polar surface area (TPSA) is 122 Å². The van der Waals surface area contributed by atoms with Crippen LogP contribution in [0.5, 0.6) is 0 Å². The molecule has 0 aliphatic carbocycles. The van der Waals surface area contributed by atoms with E-state index in [0.29, 0.717) is 23.0 Å². The van der Waals surface area contributed by atoms with Crippen LogP contribution in [0.1, 0.15) is 18.3 Å². The molecule has 0 radical (unpaired) electrons. The molecule has 22 heavy (non-hydrogen) atoms. The van der Waals surface area contributed by atoms with Gasteiger partial charge in [-0.2, -0.15) is 0 Å². The number of carboxylic acid groups (broad SMARTS) is 1. The fraction of sp³-hybridized carbons (Fsp3) is 0.154. The summed E-state index contributed by atoms with van der Waals surface area (Å²) < 4.78 is 0. The molecule has 8 nitrogen and oxygen atoms in total. The number of aryl methyl sites for hydroxylation is 1. The summed E-state index contributed by atoms with van der Waals surface area (Å²) in [5.74, 6) is -0.450. The first-order chi connectivity index (χ1) is 10.5. The average molecular weight is 320 g/mol. The largest absolute Gasteiger partial charge is 0.477 e. The first-order valence-corrected chi connectivity index (χ1v) is 7.10. The molecule has 0 saturated carbocycles. The number of hydrogen-bond acceptors (Lipinski definition) is 6. The number of benzene rings is 1. The van der Waals surface area contributed by atoms with Gasteiger partial charge in [0.1, 0.15) is 10.7 Å².